The summed E-state index contributed by atoms with van der Waals surface area (Å²) in [7, 11) is 0. The van der Waals surface area contributed by atoms with E-state index in [2.05, 4.69) is 10.1 Å². The molecule has 0 unspecified atom stereocenters. The van der Waals surface area contributed by atoms with Crippen molar-refractivity contribution in [3.8, 4) is 5.82 Å². The standard InChI is InChI=1S/C14H11N3O/c1-2-9-15-14(5-1)17-10-8-12(16-17)6-7-13-4-3-11-18-13/h1-11H/b7-6+. The number of furan rings is 1. The first-order chi connectivity index (χ1) is 8.92. The molecule has 0 aliphatic carbocycles. The molecule has 0 atom stereocenters. The first-order valence-electron chi connectivity index (χ1n) is 5.60. The maximum atomic E-state index is 5.21. The highest BCUT2D eigenvalue weighted by Gasteiger charge is 1.99. The summed E-state index contributed by atoms with van der Waals surface area (Å²) in [5.41, 5.74) is 0.858. The first kappa shape index (κ1) is 10.5. The molecule has 3 aromatic heterocycles. The van der Waals surface area contributed by atoms with Gasteiger partial charge in [0.25, 0.3) is 0 Å². The smallest absolute Gasteiger partial charge is 0.153 e. The molecule has 3 rings (SSSR count). The van der Waals surface area contributed by atoms with Crippen molar-refractivity contribution in [1.82, 2.24) is 14.8 Å². The monoisotopic (exact) mass is 237 g/mol. The number of hydrogen-bond acceptors (Lipinski definition) is 3. The lowest BCUT2D eigenvalue weighted by atomic mass is 10.3. The number of hydrogen-bond donors (Lipinski definition) is 0. The zero-order valence-electron chi connectivity index (χ0n) is 9.60. The molecule has 0 aliphatic heterocycles. The SMILES string of the molecule is C(=C\c1ccco1)/c1ccn(-c2ccccn2)n1. The van der Waals surface area contributed by atoms with Crippen molar-refractivity contribution in [2.45, 2.75) is 0 Å². The van der Waals surface area contributed by atoms with E-state index in [4.69, 9.17) is 4.42 Å². The van der Waals surface area contributed by atoms with E-state index in [0.29, 0.717) is 0 Å². The Morgan fingerprint density at radius 2 is 2.06 bits per heavy atom. The minimum atomic E-state index is 0.801. The molecule has 0 radical (unpaired) electrons. The zero-order valence-corrected chi connectivity index (χ0v) is 9.60. The Kier molecular flexibility index (Phi) is 2.75. The first-order valence-corrected chi connectivity index (χ1v) is 5.60. The molecule has 4 heteroatoms. The second-order valence-corrected chi connectivity index (χ2v) is 3.72. The van der Waals surface area contributed by atoms with Gasteiger partial charge >= 0.3 is 0 Å². The molecule has 4 nitrogen and oxygen atoms in total. The summed E-state index contributed by atoms with van der Waals surface area (Å²) in [5, 5.41) is 4.41. The van der Waals surface area contributed by atoms with Crippen molar-refractivity contribution < 1.29 is 4.42 Å². The minimum absolute atomic E-state index is 0.801. The van der Waals surface area contributed by atoms with Crippen LogP contribution < -0.4 is 0 Å². The van der Waals surface area contributed by atoms with E-state index in [1.165, 1.54) is 0 Å². The van der Waals surface area contributed by atoms with Crippen LogP contribution in [0.4, 0.5) is 0 Å². The molecule has 88 valence electrons. The van der Waals surface area contributed by atoms with Crippen LogP contribution in [0.25, 0.3) is 18.0 Å². The summed E-state index contributed by atoms with van der Waals surface area (Å²) in [6, 6.07) is 11.4. The summed E-state index contributed by atoms with van der Waals surface area (Å²) < 4.78 is 6.95. The van der Waals surface area contributed by atoms with Gasteiger partial charge < -0.3 is 4.42 Å². The highest BCUT2D eigenvalue weighted by atomic mass is 16.3. The summed E-state index contributed by atoms with van der Waals surface area (Å²) in [4.78, 5) is 4.23. The molecule has 3 aromatic rings. The molecule has 0 saturated heterocycles. The van der Waals surface area contributed by atoms with Gasteiger partial charge in [-0.1, -0.05) is 6.07 Å². The second kappa shape index (κ2) is 4.71. The van der Waals surface area contributed by atoms with Gasteiger partial charge in [0, 0.05) is 12.4 Å². The lowest BCUT2D eigenvalue weighted by Gasteiger charge is -1.97. The number of aromatic nitrogens is 3. The molecule has 0 fully saturated rings. The van der Waals surface area contributed by atoms with E-state index >= 15 is 0 Å². The Labute approximate surface area is 104 Å². The van der Waals surface area contributed by atoms with E-state index < -0.39 is 0 Å². The van der Waals surface area contributed by atoms with Gasteiger partial charge in [-0.2, -0.15) is 5.10 Å². The van der Waals surface area contributed by atoms with Crippen LogP contribution in [0.2, 0.25) is 0 Å². The molecule has 18 heavy (non-hydrogen) atoms. The average molecular weight is 237 g/mol. The van der Waals surface area contributed by atoms with Crippen LogP contribution in [0.5, 0.6) is 0 Å². The normalized spacial score (nSPS) is 11.1. The summed E-state index contributed by atoms with van der Waals surface area (Å²) in [6.45, 7) is 0. The maximum absolute atomic E-state index is 5.21. The van der Waals surface area contributed by atoms with Gasteiger partial charge in [-0.05, 0) is 42.5 Å². The predicted octanol–water partition coefficient (Wildman–Crippen LogP) is 3.03. The zero-order chi connectivity index (χ0) is 12.2. The van der Waals surface area contributed by atoms with Crippen LogP contribution in [0, 0.1) is 0 Å². The van der Waals surface area contributed by atoms with Gasteiger partial charge in [0.2, 0.25) is 0 Å². The number of pyridine rings is 1. The molecule has 0 saturated carbocycles. The highest BCUT2D eigenvalue weighted by Crippen LogP contribution is 2.08. The fourth-order valence-electron chi connectivity index (χ4n) is 1.60. The summed E-state index contributed by atoms with van der Waals surface area (Å²) in [5.74, 6) is 1.61. The largest absolute Gasteiger partial charge is 0.465 e. The molecule has 3 heterocycles. The quantitative estimate of drug-likeness (QED) is 0.703. The van der Waals surface area contributed by atoms with Crippen LogP contribution >= 0.6 is 0 Å². The van der Waals surface area contributed by atoms with Gasteiger partial charge in [0.15, 0.2) is 5.82 Å². The van der Waals surface area contributed by atoms with Gasteiger partial charge in [0.05, 0.1) is 12.0 Å². The van der Waals surface area contributed by atoms with Gasteiger partial charge in [-0.3, -0.25) is 0 Å². The van der Waals surface area contributed by atoms with Gasteiger partial charge in [0.1, 0.15) is 5.76 Å². The number of nitrogens with zero attached hydrogens (tertiary/aromatic N) is 3. The molecule has 0 aliphatic rings. The molecule has 0 spiro atoms. The average Bonchev–Trinajstić information content (AvgIpc) is 3.09. The molecule has 0 bridgehead atoms. The van der Waals surface area contributed by atoms with Crippen molar-refractivity contribution in [3.63, 3.8) is 0 Å². The van der Waals surface area contributed by atoms with Crippen LogP contribution in [-0.4, -0.2) is 14.8 Å². The Balaban J connectivity index is 1.82. The Hall–Kier alpha value is -2.62. The third-order valence-corrected chi connectivity index (χ3v) is 2.46. The lowest BCUT2D eigenvalue weighted by Crippen LogP contribution is -1.96. The van der Waals surface area contributed by atoms with Crippen molar-refractivity contribution >= 4 is 12.2 Å². The van der Waals surface area contributed by atoms with Crippen LogP contribution in [0.3, 0.4) is 0 Å². The lowest BCUT2D eigenvalue weighted by molar-refractivity contribution is 0.557. The van der Waals surface area contributed by atoms with Gasteiger partial charge in [-0.25, -0.2) is 9.67 Å². The van der Waals surface area contributed by atoms with E-state index in [-0.39, 0.29) is 0 Å². The van der Waals surface area contributed by atoms with E-state index in [1.807, 2.05) is 54.7 Å². The fourth-order valence-corrected chi connectivity index (χ4v) is 1.60. The molecule has 0 aromatic carbocycles. The van der Waals surface area contributed by atoms with Crippen molar-refractivity contribution in [1.29, 1.82) is 0 Å². The van der Waals surface area contributed by atoms with Crippen LogP contribution in [-0.2, 0) is 0 Å². The maximum Gasteiger partial charge on any atom is 0.153 e. The third kappa shape index (κ3) is 2.22. The molecule has 0 N–H and O–H groups in total. The van der Waals surface area contributed by atoms with E-state index in [0.717, 1.165) is 17.3 Å². The Morgan fingerprint density at radius 3 is 2.83 bits per heavy atom. The van der Waals surface area contributed by atoms with Crippen molar-refractivity contribution in [2.75, 3.05) is 0 Å². The summed E-state index contributed by atoms with van der Waals surface area (Å²) >= 11 is 0. The van der Waals surface area contributed by atoms with Crippen molar-refractivity contribution in [2.24, 2.45) is 0 Å². The molecule has 0 amide bonds. The van der Waals surface area contributed by atoms with Crippen LogP contribution in [0.1, 0.15) is 11.5 Å². The molecular formula is C14H11N3O. The topological polar surface area (TPSA) is 43.9 Å². The second-order valence-electron chi connectivity index (χ2n) is 3.72. The third-order valence-electron chi connectivity index (χ3n) is 2.46. The highest BCUT2D eigenvalue weighted by molar-refractivity contribution is 5.65. The Morgan fingerprint density at radius 1 is 1.06 bits per heavy atom. The summed E-state index contributed by atoms with van der Waals surface area (Å²) in [6.07, 6.45) is 9.05. The van der Waals surface area contributed by atoms with Crippen LogP contribution in [0.15, 0.2) is 59.5 Å². The fraction of sp³-hybridized carbons (Fsp3) is 0. The predicted molar refractivity (Wildman–Crippen MR) is 69.0 cm³/mol. The number of rotatable bonds is 3. The van der Waals surface area contributed by atoms with Crippen molar-refractivity contribution in [3.05, 3.63) is 66.5 Å². The Bertz CT molecular complexity index is 639. The van der Waals surface area contributed by atoms with E-state index in [1.54, 1.807) is 17.1 Å². The van der Waals surface area contributed by atoms with Gasteiger partial charge in [-0.15, -0.1) is 0 Å². The minimum Gasteiger partial charge on any atom is -0.465 e. The van der Waals surface area contributed by atoms with E-state index in [9.17, 15) is 0 Å². The molecular weight excluding hydrogens is 226 g/mol.